The molecule has 1 N–H and O–H groups in total. The van der Waals surface area contributed by atoms with Crippen LogP contribution < -0.4 is 59.1 Å². The molecule has 8 heteroatoms. The van der Waals surface area contributed by atoms with E-state index in [9.17, 15) is 5.11 Å². The molecular weight excluding hydrogens is 566 g/mol. The van der Waals surface area contributed by atoms with Gasteiger partial charge in [-0.25, -0.2) is 0 Å². The summed E-state index contributed by atoms with van der Waals surface area (Å²) in [5.41, 5.74) is 0. The number of hydrogen-bond donors (Lipinski definition) is 1. The van der Waals surface area contributed by atoms with Gasteiger partial charge >= 0.3 is 59.1 Å². The van der Waals surface area contributed by atoms with Crippen LogP contribution in [0.15, 0.2) is 0 Å². The van der Waals surface area contributed by atoms with Crippen molar-refractivity contribution in [3.63, 3.8) is 0 Å². The number of unbranched alkanes of at least 4 members (excludes halogenated alkanes) is 27. The van der Waals surface area contributed by atoms with Gasteiger partial charge in [0.15, 0.2) is 0 Å². The number of aliphatic hydroxyl groups is 1. The van der Waals surface area contributed by atoms with Gasteiger partial charge in [0.05, 0.1) is 6.10 Å². The van der Waals surface area contributed by atoms with Crippen LogP contribution >= 0.6 is 0 Å². The fraction of sp³-hybridized carbons (Fsp3) is 1.00. The van der Waals surface area contributed by atoms with Crippen LogP contribution in [0.3, 0.4) is 0 Å². The summed E-state index contributed by atoms with van der Waals surface area (Å²) in [6.45, 7) is 4.59. The summed E-state index contributed by atoms with van der Waals surface area (Å²) in [4.78, 5) is 0. The third-order valence-electron chi connectivity index (χ3n) is 8.03. The minimum Gasteiger partial charge on any atom is -0.759 e. The van der Waals surface area contributed by atoms with Crippen molar-refractivity contribution in [2.75, 3.05) is 0 Å². The maximum atomic E-state index is 10.2. The zero-order chi connectivity index (χ0) is 30.0. The smallest absolute Gasteiger partial charge is 0.759 e. The largest absolute Gasteiger partial charge is 1.00 e. The Bertz CT molecular complexity index is 556. The van der Waals surface area contributed by atoms with Gasteiger partial charge < -0.3 is 14.2 Å². The first-order valence-corrected chi connectivity index (χ1v) is 19.0. The average molecular weight is 637 g/mol. The molecule has 0 rings (SSSR count). The first-order chi connectivity index (χ1) is 19.3. The van der Waals surface area contributed by atoms with Crippen molar-refractivity contribution in [3.05, 3.63) is 0 Å². The summed E-state index contributed by atoms with van der Waals surface area (Å²) in [7, 11) is -5.17. The second-order valence-corrected chi connectivity index (χ2v) is 13.0. The third-order valence-corrected chi connectivity index (χ3v) is 8.03. The van der Waals surface area contributed by atoms with Crippen LogP contribution in [0.2, 0.25) is 0 Å². The summed E-state index contributed by atoms with van der Waals surface area (Å²) in [6.07, 6.45) is 43.0. The molecule has 0 fully saturated rings. The molecule has 0 aromatic rings. The van der Waals surface area contributed by atoms with Gasteiger partial charge in [-0.2, -0.15) is 0 Å². The van der Waals surface area contributed by atoms with Crippen molar-refractivity contribution < 1.29 is 81.7 Å². The standard InChI is InChI=1S/C34H70O.2Na.H2O4S/c1-3-5-7-9-11-13-15-17-19-21-23-25-27-29-31-33-34(35)32-30-28-26-24-22-20-18-16-14-12-10-8-6-4-2;;;1-5(2,3)4/h34-35H,3-33H2,1-2H3;;;(H2,1,2,3,4)/q;2*+1;/p-2. The van der Waals surface area contributed by atoms with E-state index in [1.54, 1.807) is 0 Å². The molecule has 0 bridgehead atoms. The molecule has 0 aliphatic carbocycles. The Kier molecular flexibility index (Phi) is 51.7. The molecule has 5 nitrogen and oxygen atoms in total. The van der Waals surface area contributed by atoms with E-state index in [4.69, 9.17) is 17.5 Å². The molecule has 42 heavy (non-hydrogen) atoms. The minimum absolute atomic E-state index is 0. The Morgan fingerprint density at radius 3 is 0.714 bits per heavy atom. The molecule has 0 aliphatic heterocycles. The van der Waals surface area contributed by atoms with E-state index >= 15 is 0 Å². The van der Waals surface area contributed by atoms with Crippen molar-refractivity contribution in [1.29, 1.82) is 0 Å². The summed E-state index contributed by atoms with van der Waals surface area (Å²) < 4.78 is 34.1. The minimum atomic E-state index is -5.17. The first kappa shape index (κ1) is 50.7. The van der Waals surface area contributed by atoms with Gasteiger partial charge in [0, 0.05) is 10.4 Å². The van der Waals surface area contributed by atoms with E-state index in [1.165, 1.54) is 186 Å². The summed E-state index contributed by atoms with van der Waals surface area (Å²) in [5.74, 6) is 0. The van der Waals surface area contributed by atoms with Crippen molar-refractivity contribution in [2.45, 2.75) is 219 Å². The topological polar surface area (TPSA) is 100 Å². The van der Waals surface area contributed by atoms with Crippen LogP contribution in [0, 0.1) is 0 Å². The van der Waals surface area contributed by atoms with E-state index < -0.39 is 10.4 Å². The quantitative estimate of drug-likeness (QED) is 0.0491. The van der Waals surface area contributed by atoms with Crippen LogP contribution in [0.4, 0.5) is 0 Å². The molecule has 0 saturated heterocycles. The molecule has 0 amide bonds. The Morgan fingerprint density at radius 2 is 0.548 bits per heavy atom. The molecule has 0 saturated carbocycles. The van der Waals surface area contributed by atoms with Crippen LogP contribution in [0.1, 0.15) is 213 Å². The van der Waals surface area contributed by atoms with Gasteiger partial charge in [0.25, 0.3) is 0 Å². The van der Waals surface area contributed by atoms with Crippen molar-refractivity contribution >= 4 is 10.4 Å². The zero-order valence-electron chi connectivity index (χ0n) is 29.0. The monoisotopic (exact) mass is 636 g/mol. The molecule has 0 aromatic heterocycles. The predicted molar refractivity (Wildman–Crippen MR) is 171 cm³/mol. The molecule has 1 atom stereocenters. The van der Waals surface area contributed by atoms with E-state index in [-0.39, 0.29) is 65.2 Å². The maximum absolute atomic E-state index is 10.2. The van der Waals surface area contributed by atoms with Gasteiger partial charge in [-0.05, 0) is 12.8 Å². The fourth-order valence-electron chi connectivity index (χ4n) is 5.47. The fourth-order valence-corrected chi connectivity index (χ4v) is 5.47. The zero-order valence-corrected chi connectivity index (χ0v) is 33.8. The van der Waals surface area contributed by atoms with Crippen LogP contribution in [-0.4, -0.2) is 28.7 Å². The number of aliphatic hydroxyl groups excluding tert-OH is 1. The third kappa shape index (κ3) is 57.5. The predicted octanol–water partition coefficient (Wildman–Crippen LogP) is 5.15. The summed E-state index contributed by atoms with van der Waals surface area (Å²) in [6, 6.07) is 0. The Labute approximate surface area is 308 Å². The SMILES string of the molecule is CCCCCCCCCCCCCCCCCC(O)CCCCCCCCCCCCCCCC.O=S(=O)([O-])[O-].[Na+].[Na+]. The first-order valence-electron chi connectivity index (χ1n) is 17.7. The molecule has 0 radical (unpaired) electrons. The summed E-state index contributed by atoms with van der Waals surface area (Å²) >= 11 is 0. The average Bonchev–Trinajstić information content (AvgIpc) is 2.90. The molecule has 0 aromatic carbocycles. The molecule has 0 heterocycles. The molecule has 1 unspecified atom stereocenters. The van der Waals surface area contributed by atoms with Crippen LogP contribution in [0.25, 0.3) is 0 Å². The summed E-state index contributed by atoms with van der Waals surface area (Å²) in [5, 5.41) is 10.2. The van der Waals surface area contributed by atoms with E-state index in [0.29, 0.717) is 0 Å². The van der Waals surface area contributed by atoms with Crippen molar-refractivity contribution in [2.24, 2.45) is 0 Å². The van der Waals surface area contributed by atoms with E-state index in [2.05, 4.69) is 13.8 Å². The van der Waals surface area contributed by atoms with E-state index in [0.717, 1.165) is 12.8 Å². The van der Waals surface area contributed by atoms with Gasteiger partial charge in [-0.3, -0.25) is 8.42 Å². The Balaban J connectivity index is -0.000000943. The second-order valence-electron chi connectivity index (χ2n) is 12.2. The van der Waals surface area contributed by atoms with Gasteiger partial charge in [-0.1, -0.05) is 200 Å². The number of hydrogen-bond acceptors (Lipinski definition) is 5. The van der Waals surface area contributed by atoms with E-state index in [1.807, 2.05) is 0 Å². The normalized spacial score (nSPS) is 11.7. The van der Waals surface area contributed by atoms with Crippen LogP contribution in [-0.2, 0) is 10.4 Å². The van der Waals surface area contributed by atoms with Crippen LogP contribution in [0.5, 0.6) is 0 Å². The Morgan fingerprint density at radius 1 is 0.405 bits per heavy atom. The molecule has 0 aliphatic rings. The van der Waals surface area contributed by atoms with Crippen molar-refractivity contribution in [3.8, 4) is 0 Å². The second kappa shape index (κ2) is 42.8. The molecular formula is C34H70Na2O5S. The van der Waals surface area contributed by atoms with Gasteiger partial charge in [0.2, 0.25) is 0 Å². The Hall–Kier alpha value is 1.83. The number of rotatable bonds is 31. The van der Waals surface area contributed by atoms with Gasteiger partial charge in [-0.15, -0.1) is 0 Å². The van der Waals surface area contributed by atoms with Crippen molar-refractivity contribution in [1.82, 2.24) is 0 Å². The molecule has 244 valence electrons. The van der Waals surface area contributed by atoms with Gasteiger partial charge in [0.1, 0.15) is 0 Å². The molecule has 0 spiro atoms. The maximum Gasteiger partial charge on any atom is 1.00 e.